The Labute approximate surface area is 113 Å². The summed E-state index contributed by atoms with van der Waals surface area (Å²) in [6.07, 6.45) is 4.61. The summed E-state index contributed by atoms with van der Waals surface area (Å²) in [5.74, 6) is -1.28. The number of nitrogens with one attached hydrogen (secondary N) is 1. The van der Waals surface area contributed by atoms with Crippen molar-refractivity contribution >= 4 is 11.7 Å². The molecule has 0 aliphatic heterocycles. The van der Waals surface area contributed by atoms with Gasteiger partial charge in [0.2, 0.25) is 0 Å². The first kappa shape index (κ1) is 15.5. The molecule has 1 aromatic carbocycles. The minimum absolute atomic E-state index is 0.372. The molecule has 0 fully saturated rings. The highest BCUT2D eigenvalue weighted by atomic mass is 19.1. The van der Waals surface area contributed by atoms with Crippen molar-refractivity contribution in [1.82, 2.24) is 0 Å². The zero-order chi connectivity index (χ0) is 14.3. The molecule has 0 saturated carbocycles. The van der Waals surface area contributed by atoms with E-state index >= 15 is 0 Å². The number of hydrogen-bond acceptors (Lipinski definition) is 2. The van der Waals surface area contributed by atoms with E-state index in [-0.39, 0.29) is 5.82 Å². The van der Waals surface area contributed by atoms with Crippen molar-refractivity contribution < 1.29 is 14.3 Å². The molecular formula is C15H22FNO2. The van der Waals surface area contributed by atoms with Crippen molar-refractivity contribution in [3.05, 3.63) is 30.1 Å². The first-order chi connectivity index (χ1) is 8.98. The van der Waals surface area contributed by atoms with E-state index in [0.717, 1.165) is 25.7 Å². The molecule has 1 atom stereocenters. The monoisotopic (exact) mass is 267 g/mol. The highest BCUT2D eigenvalue weighted by Gasteiger charge is 2.32. The van der Waals surface area contributed by atoms with Gasteiger partial charge in [-0.1, -0.05) is 38.7 Å². The molecule has 19 heavy (non-hydrogen) atoms. The van der Waals surface area contributed by atoms with Crippen molar-refractivity contribution in [2.75, 3.05) is 5.32 Å². The van der Waals surface area contributed by atoms with Gasteiger partial charge in [0.05, 0.1) is 0 Å². The summed E-state index contributed by atoms with van der Waals surface area (Å²) in [6, 6.07) is 5.89. The van der Waals surface area contributed by atoms with Crippen LogP contribution in [0.2, 0.25) is 0 Å². The maximum atomic E-state index is 13.1. The Balaban J connectivity index is 2.68. The molecule has 0 spiro atoms. The summed E-state index contributed by atoms with van der Waals surface area (Å²) >= 11 is 0. The molecule has 106 valence electrons. The lowest BCUT2D eigenvalue weighted by atomic mass is 9.93. The fourth-order valence-electron chi connectivity index (χ4n) is 2.01. The van der Waals surface area contributed by atoms with Gasteiger partial charge in [-0.3, -0.25) is 0 Å². The number of aliphatic carboxylic acids is 1. The quantitative estimate of drug-likeness (QED) is 0.698. The van der Waals surface area contributed by atoms with Gasteiger partial charge >= 0.3 is 5.97 Å². The van der Waals surface area contributed by atoms with Crippen LogP contribution in [-0.2, 0) is 4.79 Å². The van der Waals surface area contributed by atoms with Crippen LogP contribution in [0.4, 0.5) is 10.1 Å². The first-order valence-electron chi connectivity index (χ1n) is 6.75. The molecule has 0 bridgehead atoms. The van der Waals surface area contributed by atoms with Crippen LogP contribution in [0, 0.1) is 5.82 Å². The second kappa shape index (κ2) is 7.12. The summed E-state index contributed by atoms with van der Waals surface area (Å²) in [5, 5.41) is 12.3. The molecule has 0 radical (unpaired) electrons. The molecule has 0 amide bonds. The number of unbranched alkanes of at least 4 members (excludes halogenated alkanes) is 3. The highest BCUT2D eigenvalue weighted by molar-refractivity contribution is 5.82. The molecule has 3 nitrogen and oxygen atoms in total. The molecule has 1 aromatic rings. The largest absolute Gasteiger partial charge is 0.480 e. The predicted octanol–water partition coefficient (Wildman–Crippen LogP) is 4.05. The summed E-state index contributed by atoms with van der Waals surface area (Å²) < 4.78 is 13.1. The van der Waals surface area contributed by atoms with Crippen LogP contribution in [-0.4, -0.2) is 16.6 Å². The molecule has 0 aromatic heterocycles. The zero-order valence-corrected chi connectivity index (χ0v) is 11.6. The second-order valence-corrected chi connectivity index (χ2v) is 5.08. The van der Waals surface area contributed by atoms with Gasteiger partial charge in [-0.05, 0) is 31.5 Å². The van der Waals surface area contributed by atoms with Crippen molar-refractivity contribution in [1.29, 1.82) is 0 Å². The Hall–Kier alpha value is -1.58. The average molecular weight is 267 g/mol. The number of carbonyl (C=O) groups is 1. The molecule has 2 N–H and O–H groups in total. The molecule has 1 unspecified atom stereocenters. The van der Waals surface area contributed by atoms with E-state index in [9.17, 15) is 14.3 Å². The van der Waals surface area contributed by atoms with Crippen molar-refractivity contribution in [3.63, 3.8) is 0 Å². The maximum absolute atomic E-state index is 13.1. The molecule has 0 aliphatic rings. The molecular weight excluding hydrogens is 245 g/mol. The van der Waals surface area contributed by atoms with E-state index in [1.807, 2.05) is 0 Å². The Morgan fingerprint density at radius 2 is 2.11 bits per heavy atom. The first-order valence-corrected chi connectivity index (χ1v) is 6.75. The van der Waals surface area contributed by atoms with Crippen molar-refractivity contribution in [2.24, 2.45) is 0 Å². The number of carboxylic acid groups (broad SMARTS) is 1. The minimum Gasteiger partial charge on any atom is -0.480 e. The standard InChI is InChI=1S/C15H22FNO2/c1-3-4-5-6-10-15(2,14(18)19)17-13-9-7-8-12(16)11-13/h7-9,11,17H,3-6,10H2,1-2H3,(H,18,19). The van der Waals surface area contributed by atoms with Crippen LogP contribution in [0.25, 0.3) is 0 Å². The van der Waals surface area contributed by atoms with Crippen LogP contribution >= 0.6 is 0 Å². The van der Waals surface area contributed by atoms with Crippen LogP contribution in [0.15, 0.2) is 24.3 Å². The fraction of sp³-hybridized carbons (Fsp3) is 0.533. The van der Waals surface area contributed by atoms with Gasteiger partial charge in [-0.25, -0.2) is 9.18 Å². The van der Waals surface area contributed by atoms with E-state index < -0.39 is 11.5 Å². The summed E-state index contributed by atoms with van der Waals surface area (Å²) in [7, 11) is 0. The van der Waals surface area contributed by atoms with Gasteiger partial charge in [0.25, 0.3) is 0 Å². The number of rotatable bonds is 8. The van der Waals surface area contributed by atoms with Crippen LogP contribution in [0.1, 0.15) is 46.0 Å². The minimum atomic E-state index is -1.05. The lowest BCUT2D eigenvalue weighted by Crippen LogP contribution is -2.43. The van der Waals surface area contributed by atoms with Gasteiger partial charge < -0.3 is 10.4 Å². The van der Waals surface area contributed by atoms with E-state index in [1.165, 1.54) is 12.1 Å². The smallest absolute Gasteiger partial charge is 0.329 e. The topological polar surface area (TPSA) is 49.3 Å². The lowest BCUT2D eigenvalue weighted by molar-refractivity contribution is -0.142. The van der Waals surface area contributed by atoms with Crippen molar-refractivity contribution in [3.8, 4) is 0 Å². The van der Waals surface area contributed by atoms with Crippen molar-refractivity contribution in [2.45, 2.75) is 51.5 Å². The number of benzene rings is 1. The van der Waals surface area contributed by atoms with Crippen LogP contribution < -0.4 is 5.32 Å². The number of hydrogen-bond donors (Lipinski definition) is 2. The van der Waals surface area contributed by atoms with E-state index in [1.54, 1.807) is 19.1 Å². The second-order valence-electron chi connectivity index (χ2n) is 5.08. The van der Waals surface area contributed by atoms with Gasteiger partial charge in [0, 0.05) is 5.69 Å². The Kier molecular flexibility index (Phi) is 5.80. The third-order valence-electron chi connectivity index (χ3n) is 3.25. The lowest BCUT2D eigenvalue weighted by Gasteiger charge is -2.27. The van der Waals surface area contributed by atoms with Crippen LogP contribution in [0.5, 0.6) is 0 Å². The highest BCUT2D eigenvalue weighted by Crippen LogP contribution is 2.22. The summed E-state index contributed by atoms with van der Waals surface area (Å²) in [5.41, 5.74) is -0.554. The Morgan fingerprint density at radius 1 is 1.37 bits per heavy atom. The van der Waals surface area contributed by atoms with Gasteiger partial charge in [-0.2, -0.15) is 0 Å². The molecule has 0 aliphatic carbocycles. The average Bonchev–Trinajstić information content (AvgIpc) is 2.34. The van der Waals surface area contributed by atoms with Gasteiger partial charge in [-0.15, -0.1) is 0 Å². The van der Waals surface area contributed by atoms with Gasteiger partial charge in [0.15, 0.2) is 0 Å². The molecule has 1 rings (SSSR count). The molecule has 0 heterocycles. The molecule has 0 saturated heterocycles. The third-order valence-corrected chi connectivity index (χ3v) is 3.25. The predicted molar refractivity (Wildman–Crippen MR) is 74.8 cm³/mol. The van der Waals surface area contributed by atoms with E-state index in [2.05, 4.69) is 12.2 Å². The van der Waals surface area contributed by atoms with Crippen LogP contribution in [0.3, 0.4) is 0 Å². The third kappa shape index (κ3) is 4.89. The Morgan fingerprint density at radius 3 is 2.68 bits per heavy atom. The SMILES string of the molecule is CCCCCCC(C)(Nc1cccc(F)c1)C(=O)O. The number of halogens is 1. The van der Waals surface area contributed by atoms with E-state index in [0.29, 0.717) is 12.1 Å². The summed E-state index contributed by atoms with van der Waals surface area (Å²) in [4.78, 5) is 11.4. The van der Waals surface area contributed by atoms with E-state index in [4.69, 9.17) is 0 Å². The number of anilines is 1. The maximum Gasteiger partial charge on any atom is 0.329 e. The Bertz CT molecular complexity index is 422. The molecule has 4 heteroatoms. The normalized spacial score (nSPS) is 13.8. The van der Waals surface area contributed by atoms with Gasteiger partial charge in [0.1, 0.15) is 11.4 Å². The zero-order valence-electron chi connectivity index (χ0n) is 11.6. The number of carboxylic acids is 1. The fourth-order valence-corrected chi connectivity index (χ4v) is 2.01. The summed E-state index contributed by atoms with van der Waals surface area (Å²) in [6.45, 7) is 3.76.